The first kappa shape index (κ1) is 24.6. The fourth-order valence-electron chi connectivity index (χ4n) is 2.86. The average Bonchev–Trinajstić information content (AvgIpc) is 2.59. The molecular weight excluding hydrogens is 391 g/mol. The zero-order valence-corrected chi connectivity index (χ0v) is 19.9. The topological polar surface area (TPSA) is 86.7 Å². The molecule has 0 aliphatic rings. The Hall–Kier alpha value is -0.414. The van der Waals surface area contributed by atoms with Crippen molar-refractivity contribution in [2.24, 2.45) is 0 Å². The van der Waals surface area contributed by atoms with E-state index in [1.807, 2.05) is 0 Å². The normalized spacial score (nSPS) is 11.0. The van der Waals surface area contributed by atoms with E-state index in [4.69, 9.17) is 4.74 Å². The Labute approximate surface area is 204 Å². The third kappa shape index (κ3) is 8.23. The van der Waals surface area contributed by atoms with Gasteiger partial charge in [0, 0.05) is 0 Å². The van der Waals surface area contributed by atoms with Crippen LogP contribution < -0.4 is 61.2 Å². The summed E-state index contributed by atoms with van der Waals surface area (Å²) in [4.78, 5) is -0.195. The van der Waals surface area contributed by atoms with Crippen LogP contribution in [0.5, 0.6) is 17.2 Å². The van der Waals surface area contributed by atoms with Crippen molar-refractivity contribution >= 4 is 10.1 Å². The molecule has 142 valence electrons. The van der Waals surface area contributed by atoms with E-state index >= 15 is 0 Å². The number of aryl methyl sites for hydroxylation is 1. The molecule has 7 heteroatoms. The summed E-state index contributed by atoms with van der Waals surface area (Å²) in [6.45, 7) is 2.16. The predicted octanol–water partition coefficient (Wildman–Crippen LogP) is 1.71. The van der Waals surface area contributed by atoms with Gasteiger partial charge in [-0.3, -0.25) is 4.55 Å². The third-order valence-corrected chi connectivity index (χ3v) is 5.15. The summed E-state index contributed by atoms with van der Waals surface area (Å²) < 4.78 is 39.1. The first-order chi connectivity index (χ1) is 12.4. The van der Waals surface area contributed by atoms with Crippen molar-refractivity contribution in [2.45, 2.75) is 56.8 Å². The SMILES string of the molecule is CCCCCCCCc1cccc(Oc2ccc([O-])cc2)c1S(=O)(=O)O.[K+]. The minimum absolute atomic E-state index is 0. The van der Waals surface area contributed by atoms with E-state index in [2.05, 4.69) is 6.92 Å². The second-order valence-electron chi connectivity index (χ2n) is 6.31. The van der Waals surface area contributed by atoms with Crippen LogP contribution in [0.15, 0.2) is 47.4 Å². The van der Waals surface area contributed by atoms with Crippen molar-refractivity contribution in [3.8, 4) is 17.2 Å². The largest absolute Gasteiger partial charge is 1.00 e. The van der Waals surface area contributed by atoms with Crippen molar-refractivity contribution < 1.29 is 74.2 Å². The van der Waals surface area contributed by atoms with Crippen molar-refractivity contribution in [3.05, 3.63) is 48.0 Å². The Morgan fingerprint density at radius 2 is 1.59 bits per heavy atom. The Balaban J connectivity index is 0.00000364. The smallest absolute Gasteiger partial charge is 0.872 e. The molecule has 0 amide bonds. The zero-order valence-electron chi connectivity index (χ0n) is 16.0. The van der Waals surface area contributed by atoms with E-state index in [1.165, 1.54) is 49.6 Å². The summed E-state index contributed by atoms with van der Waals surface area (Å²) >= 11 is 0. The summed E-state index contributed by atoms with van der Waals surface area (Å²) in [6, 6.07) is 10.5. The van der Waals surface area contributed by atoms with E-state index in [1.54, 1.807) is 12.1 Å². The van der Waals surface area contributed by atoms with Gasteiger partial charge in [-0.1, -0.05) is 63.3 Å². The molecule has 5 nitrogen and oxygen atoms in total. The van der Waals surface area contributed by atoms with Gasteiger partial charge in [0.2, 0.25) is 0 Å². The molecule has 0 aliphatic carbocycles. The van der Waals surface area contributed by atoms with Crippen molar-refractivity contribution in [1.29, 1.82) is 0 Å². The molecule has 2 aromatic carbocycles. The predicted molar refractivity (Wildman–Crippen MR) is 99.3 cm³/mol. The van der Waals surface area contributed by atoms with E-state index < -0.39 is 10.1 Å². The van der Waals surface area contributed by atoms with Gasteiger partial charge in [0.1, 0.15) is 16.4 Å². The Morgan fingerprint density at radius 1 is 0.963 bits per heavy atom. The maximum atomic E-state index is 11.9. The fourth-order valence-corrected chi connectivity index (χ4v) is 3.73. The number of hydrogen-bond donors (Lipinski definition) is 1. The Bertz CT molecular complexity index is 804. The summed E-state index contributed by atoms with van der Waals surface area (Å²) in [5.74, 6) is 0.241. The summed E-state index contributed by atoms with van der Waals surface area (Å²) in [5.41, 5.74) is 0.543. The molecule has 0 saturated carbocycles. The van der Waals surface area contributed by atoms with Gasteiger partial charge in [-0.05, 0) is 36.6 Å². The van der Waals surface area contributed by atoms with Gasteiger partial charge in [0.25, 0.3) is 10.1 Å². The molecule has 0 fully saturated rings. The minimum Gasteiger partial charge on any atom is -0.872 e. The number of unbranched alkanes of at least 4 members (excludes halogenated alkanes) is 5. The summed E-state index contributed by atoms with van der Waals surface area (Å²) in [6.07, 6.45) is 7.11. The van der Waals surface area contributed by atoms with E-state index in [0.29, 0.717) is 17.7 Å². The first-order valence-corrected chi connectivity index (χ1v) is 10.4. The van der Waals surface area contributed by atoms with Gasteiger partial charge in [-0.2, -0.15) is 8.42 Å². The monoisotopic (exact) mass is 416 g/mol. The molecule has 2 rings (SSSR count). The molecule has 0 aromatic heterocycles. The maximum Gasteiger partial charge on any atom is 1.00 e. The Kier molecular flexibility index (Phi) is 11.1. The molecule has 0 radical (unpaired) electrons. The van der Waals surface area contributed by atoms with Crippen LogP contribution >= 0.6 is 0 Å². The van der Waals surface area contributed by atoms with Crippen LogP contribution in [-0.2, 0) is 16.5 Å². The van der Waals surface area contributed by atoms with Gasteiger partial charge in [0.05, 0.1) is 0 Å². The third-order valence-electron chi connectivity index (χ3n) is 4.17. The molecule has 27 heavy (non-hydrogen) atoms. The number of ether oxygens (including phenoxy) is 1. The van der Waals surface area contributed by atoms with Crippen molar-refractivity contribution in [3.63, 3.8) is 0 Å². The molecule has 0 unspecified atom stereocenters. The number of rotatable bonds is 10. The van der Waals surface area contributed by atoms with E-state index in [-0.39, 0.29) is 67.8 Å². The second-order valence-corrected chi connectivity index (χ2v) is 7.67. The van der Waals surface area contributed by atoms with E-state index in [0.717, 1.165) is 19.3 Å². The van der Waals surface area contributed by atoms with Gasteiger partial charge < -0.3 is 9.84 Å². The fraction of sp³-hybridized carbons (Fsp3) is 0.400. The van der Waals surface area contributed by atoms with Crippen LogP contribution in [0.2, 0.25) is 0 Å². The summed E-state index contributed by atoms with van der Waals surface area (Å²) in [5, 5.41) is 11.2. The second kappa shape index (κ2) is 12.2. The van der Waals surface area contributed by atoms with E-state index in [9.17, 15) is 18.1 Å². The van der Waals surface area contributed by atoms with Crippen LogP contribution in [0.3, 0.4) is 0 Å². The molecule has 0 atom stereocenters. The molecule has 1 N–H and O–H groups in total. The average molecular weight is 417 g/mol. The molecule has 0 aliphatic heterocycles. The maximum absolute atomic E-state index is 11.9. The van der Waals surface area contributed by atoms with Crippen LogP contribution in [0.25, 0.3) is 0 Å². The van der Waals surface area contributed by atoms with Crippen LogP contribution in [0.4, 0.5) is 0 Å². The zero-order chi connectivity index (χ0) is 19.0. The minimum atomic E-state index is -4.43. The molecule has 0 bridgehead atoms. The van der Waals surface area contributed by atoms with Crippen molar-refractivity contribution in [2.75, 3.05) is 0 Å². The van der Waals surface area contributed by atoms with Crippen molar-refractivity contribution in [1.82, 2.24) is 0 Å². The van der Waals surface area contributed by atoms with Gasteiger partial charge in [-0.15, -0.1) is 5.75 Å². The van der Waals surface area contributed by atoms with Gasteiger partial charge in [-0.25, -0.2) is 0 Å². The molecule has 0 saturated heterocycles. The van der Waals surface area contributed by atoms with Crippen LogP contribution in [0.1, 0.15) is 51.0 Å². The quantitative estimate of drug-likeness (QED) is 0.362. The number of hydrogen-bond acceptors (Lipinski definition) is 4. The first-order valence-electron chi connectivity index (χ1n) is 8.96. The van der Waals surface area contributed by atoms with Crippen LogP contribution in [-0.4, -0.2) is 13.0 Å². The van der Waals surface area contributed by atoms with Crippen LogP contribution in [0, 0.1) is 0 Å². The molecule has 2 aromatic rings. The van der Waals surface area contributed by atoms with Gasteiger partial charge in [0.15, 0.2) is 0 Å². The standard InChI is InChI=1S/C20H26O5S.K/c1-2-3-4-5-6-7-9-16-10-8-11-19(20(16)26(22,23)24)25-18-14-12-17(21)13-15-18;/h8,10-15,21H,2-7,9H2,1H3,(H,22,23,24);/q;+1/p-1. The van der Waals surface area contributed by atoms with Gasteiger partial charge >= 0.3 is 51.4 Å². The molecular formula is C20H25KO5S. The Morgan fingerprint density at radius 3 is 2.22 bits per heavy atom. The molecule has 0 spiro atoms. The summed E-state index contributed by atoms with van der Waals surface area (Å²) in [7, 11) is -4.43. The number of benzene rings is 2. The molecule has 0 heterocycles.